The Morgan fingerprint density at radius 1 is 1.11 bits per heavy atom. The molecule has 0 unspecified atom stereocenters. The Labute approximate surface area is 164 Å². The summed E-state index contributed by atoms with van der Waals surface area (Å²) in [6, 6.07) is 1.87. The highest BCUT2D eigenvalue weighted by Gasteiger charge is 2.29. The molecule has 0 saturated carbocycles. The van der Waals surface area contributed by atoms with Gasteiger partial charge in [0.15, 0.2) is 5.52 Å². The molecule has 8 nitrogen and oxygen atoms in total. The Bertz CT molecular complexity index is 868. The van der Waals surface area contributed by atoms with Crippen LogP contribution in [0.1, 0.15) is 57.8 Å². The minimum absolute atomic E-state index is 0.00121. The van der Waals surface area contributed by atoms with Gasteiger partial charge in [-0.2, -0.15) is 0 Å². The van der Waals surface area contributed by atoms with Crippen molar-refractivity contribution in [2.75, 3.05) is 29.9 Å². The molecule has 1 N–H and O–H groups in total. The lowest BCUT2D eigenvalue weighted by Crippen LogP contribution is -2.25. The van der Waals surface area contributed by atoms with E-state index in [2.05, 4.69) is 26.6 Å². The summed E-state index contributed by atoms with van der Waals surface area (Å²) in [6.07, 6.45) is 12.6. The van der Waals surface area contributed by atoms with Gasteiger partial charge in [0.1, 0.15) is 5.69 Å². The lowest BCUT2D eigenvalue weighted by atomic mass is 9.97. The summed E-state index contributed by atoms with van der Waals surface area (Å²) in [4.78, 5) is 13.6. The number of hydrogen-bond donors (Lipinski definition) is 1. The van der Waals surface area contributed by atoms with Crippen LogP contribution in [0.5, 0.6) is 0 Å². The molecule has 150 valence electrons. The molecule has 0 radical (unpaired) electrons. The van der Waals surface area contributed by atoms with E-state index in [4.69, 9.17) is 4.63 Å². The van der Waals surface area contributed by atoms with E-state index in [1.165, 1.54) is 31.3 Å². The van der Waals surface area contributed by atoms with Gasteiger partial charge in [-0.05, 0) is 61.3 Å². The van der Waals surface area contributed by atoms with E-state index < -0.39 is 0 Å². The molecular weight excluding hydrogens is 358 g/mol. The van der Waals surface area contributed by atoms with Crippen LogP contribution in [0.3, 0.4) is 0 Å². The molecular formula is C20H27N5O3. The van der Waals surface area contributed by atoms with Crippen molar-refractivity contribution >= 4 is 28.1 Å². The Balaban J connectivity index is 1.63. The highest BCUT2D eigenvalue weighted by atomic mass is 16.6. The van der Waals surface area contributed by atoms with Crippen molar-refractivity contribution in [2.45, 2.75) is 57.8 Å². The maximum atomic E-state index is 11.8. The number of nitro benzene ring substituents is 1. The number of anilines is 2. The largest absolute Gasteiger partial charge is 0.383 e. The zero-order valence-corrected chi connectivity index (χ0v) is 16.2. The number of nitro groups is 1. The van der Waals surface area contributed by atoms with E-state index >= 15 is 0 Å². The first-order valence-electron chi connectivity index (χ1n) is 10.3. The fourth-order valence-electron chi connectivity index (χ4n) is 4.27. The molecule has 0 bridgehead atoms. The number of nitrogens with one attached hydrogen (secondary N) is 1. The summed E-state index contributed by atoms with van der Waals surface area (Å²) in [5.74, 6) is 0. The van der Waals surface area contributed by atoms with Gasteiger partial charge >= 0.3 is 5.69 Å². The number of hydrogen-bond acceptors (Lipinski definition) is 7. The third kappa shape index (κ3) is 3.95. The van der Waals surface area contributed by atoms with Crippen LogP contribution >= 0.6 is 0 Å². The quantitative estimate of drug-likeness (QED) is 0.433. The zero-order valence-electron chi connectivity index (χ0n) is 16.2. The van der Waals surface area contributed by atoms with Gasteiger partial charge in [0.2, 0.25) is 5.52 Å². The summed E-state index contributed by atoms with van der Waals surface area (Å²) in [5, 5.41) is 23.1. The molecule has 2 aromatic rings. The van der Waals surface area contributed by atoms with Crippen molar-refractivity contribution in [3.05, 3.63) is 27.8 Å². The Hall–Kier alpha value is -2.64. The number of allylic oxidation sites excluding steroid dienone is 1. The average Bonchev–Trinajstić information content (AvgIpc) is 3.03. The van der Waals surface area contributed by atoms with Crippen LogP contribution in [-0.2, 0) is 0 Å². The summed E-state index contributed by atoms with van der Waals surface area (Å²) >= 11 is 0. The molecule has 8 heteroatoms. The standard InChI is InChI=1S/C20H27N5O3/c26-25(27)20-17(24-12-6-1-2-7-13-24)14-16(18-19(20)23-28-22-18)21-11-10-15-8-4-3-5-9-15/h8,14,21H,1-7,9-13H2. The van der Waals surface area contributed by atoms with Gasteiger partial charge in [0.05, 0.1) is 10.6 Å². The van der Waals surface area contributed by atoms with Gasteiger partial charge < -0.3 is 10.2 Å². The smallest absolute Gasteiger partial charge is 0.323 e. The molecule has 1 aromatic carbocycles. The van der Waals surface area contributed by atoms with Crippen molar-refractivity contribution in [2.24, 2.45) is 0 Å². The van der Waals surface area contributed by atoms with Crippen molar-refractivity contribution in [3.8, 4) is 0 Å². The zero-order chi connectivity index (χ0) is 19.3. The number of aromatic nitrogens is 2. The SMILES string of the molecule is O=[N+]([O-])c1c(N2CCCCCC2)cc(NCCC2=CCCCC2)c2nonc12. The molecule has 0 amide bonds. The van der Waals surface area contributed by atoms with Gasteiger partial charge in [0.25, 0.3) is 0 Å². The maximum Gasteiger partial charge on any atom is 0.323 e. The summed E-state index contributed by atoms with van der Waals surface area (Å²) in [5.41, 5.74) is 3.53. The molecule has 2 aliphatic rings. The van der Waals surface area contributed by atoms with E-state index in [1.54, 1.807) is 0 Å². The van der Waals surface area contributed by atoms with Gasteiger partial charge in [-0.15, -0.1) is 0 Å². The van der Waals surface area contributed by atoms with Gasteiger partial charge in [-0.3, -0.25) is 10.1 Å². The molecule has 1 aliphatic heterocycles. The molecule has 1 saturated heterocycles. The van der Waals surface area contributed by atoms with Crippen LogP contribution in [0.4, 0.5) is 17.1 Å². The van der Waals surface area contributed by atoms with Crippen LogP contribution in [0.25, 0.3) is 11.0 Å². The highest BCUT2D eigenvalue weighted by Crippen LogP contribution is 2.39. The first-order chi connectivity index (χ1) is 13.7. The van der Waals surface area contributed by atoms with E-state index in [1.807, 2.05) is 6.07 Å². The minimum Gasteiger partial charge on any atom is -0.383 e. The molecule has 0 atom stereocenters. The fraction of sp³-hybridized carbons (Fsp3) is 0.600. The Kier molecular flexibility index (Phi) is 5.73. The monoisotopic (exact) mass is 385 g/mol. The van der Waals surface area contributed by atoms with Crippen LogP contribution < -0.4 is 10.2 Å². The molecule has 1 aliphatic carbocycles. The van der Waals surface area contributed by atoms with Crippen LogP contribution in [0.2, 0.25) is 0 Å². The second-order valence-corrected chi connectivity index (χ2v) is 7.70. The second kappa shape index (κ2) is 8.58. The third-order valence-corrected chi connectivity index (χ3v) is 5.77. The number of nitrogens with zero attached hydrogens (tertiary/aromatic N) is 4. The predicted octanol–water partition coefficient (Wildman–Crippen LogP) is 4.81. The van der Waals surface area contributed by atoms with Crippen LogP contribution in [-0.4, -0.2) is 34.9 Å². The highest BCUT2D eigenvalue weighted by molar-refractivity contribution is 5.99. The lowest BCUT2D eigenvalue weighted by Gasteiger charge is -2.23. The van der Waals surface area contributed by atoms with Crippen molar-refractivity contribution in [1.82, 2.24) is 10.3 Å². The number of benzene rings is 1. The summed E-state index contributed by atoms with van der Waals surface area (Å²) in [6.45, 7) is 2.42. The number of fused-ring (bicyclic) bond motifs is 1. The molecule has 4 rings (SSSR count). The van der Waals surface area contributed by atoms with Crippen molar-refractivity contribution in [1.29, 1.82) is 0 Å². The summed E-state index contributed by atoms with van der Waals surface area (Å²) < 4.78 is 4.89. The Morgan fingerprint density at radius 2 is 1.89 bits per heavy atom. The van der Waals surface area contributed by atoms with E-state index in [9.17, 15) is 10.1 Å². The average molecular weight is 385 g/mol. The minimum atomic E-state index is -0.358. The topological polar surface area (TPSA) is 97.3 Å². The normalized spacial score (nSPS) is 18.0. The molecule has 1 aromatic heterocycles. The molecule has 0 spiro atoms. The van der Waals surface area contributed by atoms with Gasteiger partial charge in [0, 0.05) is 19.6 Å². The Morgan fingerprint density at radius 3 is 2.61 bits per heavy atom. The molecule has 1 fully saturated rings. The first kappa shape index (κ1) is 18.7. The predicted molar refractivity (Wildman–Crippen MR) is 109 cm³/mol. The van der Waals surface area contributed by atoms with Gasteiger partial charge in [-0.25, -0.2) is 4.63 Å². The maximum absolute atomic E-state index is 11.8. The molecule has 2 heterocycles. The third-order valence-electron chi connectivity index (χ3n) is 5.77. The lowest BCUT2D eigenvalue weighted by molar-refractivity contribution is -0.382. The number of rotatable bonds is 6. The molecule has 28 heavy (non-hydrogen) atoms. The second-order valence-electron chi connectivity index (χ2n) is 7.70. The van der Waals surface area contributed by atoms with E-state index in [0.717, 1.165) is 57.4 Å². The van der Waals surface area contributed by atoms with E-state index in [-0.39, 0.29) is 16.1 Å². The van der Waals surface area contributed by atoms with Crippen molar-refractivity contribution < 1.29 is 9.55 Å². The van der Waals surface area contributed by atoms with E-state index in [0.29, 0.717) is 11.2 Å². The van der Waals surface area contributed by atoms with Crippen LogP contribution in [0.15, 0.2) is 22.3 Å². The van der Waals surface area contributed by atoms with Crippen molar-refractivity contribution in [3.63, 3.8) is 0 Å². The van der Waals surface area contributed by atoms with Crippen LogP contribution in [0, 0.1) is 10.1 Å². The van der Waals surface area contributed by atoms with Gasteiger partial charge in [-0.1, -0.05) is 24.5 Å². The fourth-order valence-corrected chi connectivity index (χ4v) is 4.27. The first-order valence-corrected chi connectivity index (χ1v) is 10.3. The summed E-state index contributed by atoms with van der Waals surface area (Å²) in [7, 11) is 0.